The Morgan fingerprint density at radius 2 is 1.90 bits per heavy atom. The lowest BCUT2D eigenvalue weighted by Crippen LogP contribution is -2.51. The number of aromatic nitrogens is 1. The first kappa shape index (κ1) is 21.0. The van der Waals surface area contributed by atoms with Crippen molar-refractivity contribution in [1.82, 2.24) is 9.88 Å². The molecule has 0 spiro atoms. The average molecular weight is 482 g/mol. The van der Waals surface area contributed by atoms with E-state index in [9.17, 15) is 20.0 Å². The third-order valence-corrected chi connectivity index (χ3v) is 6.11. The molecule has 1 unspecified atom stereocenters. The summed E-state index contributed by atoms with van der Waals surface area (Å²) in [4.78, 5) is 31.1. The van der Waals surface area contributed by atoms with Crippen molar-refractivity contribution in [2.45, 2.75) is 31.0 Å². The van der Waals surface area contributed by atoms with Crippen LogP contribution in [0.5, 0.6) is 5.75 Å². The Hall–Kier alpha value is -3.26. The zero-order chi connectivity index (χ0) is 22.0. The van der Waals surface area contributed by atoms with Crippen LogP contribution >= 0.6 is 15.9 Å². The van der Waals surface area contributed by atoms with Gasteiger partial charge in [-0.05, 0) is 47.0 Å². The third-order valence-electron chi connectivity index (χ3n) is 5.62. The molecule has 3 atom stereocenters. The van der Waals surface area contributed by atoms with Gasteiger partial charge in [0.15, 0.2) is 0 Å². The highest BCUT2D eigenvalue weighted by atomic mass is 79.9. The molecule has 1 aliphatic rings. The smallest absolute Gasteiger partial charge is 0.244 e. The van der Waals surface area contributed by atoms with Gasteiger partial charge in [-0.2, -0.15) is 0 Å². The van der Waals surface area contributed by atoms with Crippen LogP contribution in [0.1, 0.15) is 35.1 Å². The summed E-state index contributed by atoms with van der Waals surface area (Å²) in [5.41, 5.74) is 2.15. The van der Waals surface area contributed by atoms with E-state index >= 15 is 0 Å². The summed E-state index contributed by atoms with van der Waals surface area (Å²) in [5.74, 6) is -0.681. The first-order valence-electron chi connectivity index (χ1n) is 9.80. The summed E-state index contributed by atoms with van der Waals surface area (Å²) in [7, 11) is 0. The van der Waals surface area contributed by atoms with Gasteiger partial charge in [0.2, 0.25) is 11.9 Å². The Kier molecular flexibility index (Phi) is 5.99. The fourth-order valence-corrected chi connectivity index (χ4v) is 4.64. The lowest BCUT2D eigenvalue weighted by Gasteiger charge is -2.41. The van der Waals surface area contributed by atoms with Crippen LogP contribution in [0.25, 0.3) is 0 Å². The number of phenolic OH excluding ortho intramolecular Hbond substituents is 1. The number of phenols is 1. The number of likely N-dealkylation sites (tertiary alicyclic amines) is 1. The van der Waals surface area contributed by atoms with E-state index in [1.54, 1.807) is 35.5 Å². The molecule has 1 aliphatic heterocycles. The maximum Gasteiger partial charge on any atom is 0.244 e. The van der Waals surface area contributed by atoms with Crippen LogP contribution in [0.3, 0.4) is 0 Å². The molecule has 0 saturated carbocycles. The molecule has 4 rings (SSSR count). The molecule has 1 amide bonds. The molecule has 1 saturated heterocycles. The number of benzene rings is 2. The van der Waals surface area contributed by atoms with E-state index in [0.717, 1.165) is 15.6 Å². The van der Waals surface area contributed by atoms with E-state index in [0.29, 0.717) is 5.56 Å². The molecule has 3 aromatic rings. The molecule has 2 aromatic carbocycles. The number of rotatable bonds is 5. The number of pyridine rings is 1. The molecule has 7 nitrogen and oxygen atoms in total. The van der Waals surface area contributed by atoms with Crippen LogP contribution in [0.2, 0.25) is 0 Å². The molecule has 0 aliphatic carbocycles. The normalized spacial score (nSPS) is 21.1. The number of nitrogens with zero attached hydrogens (tertiary/aromatic N) is 3. The van der Waals surface area contributed by atoms with Crippen LogP contribution in [0.4, 0.5) is 0 Å². The van der Waals surface area contributed by atoms with E-state index in [4.69, 9.17) is 0 Å². The summed E-state index contributed by atoms with van der Waals surface area (Å²) in [5, 5.41) is 22.1. The van der Waals surface area contributed by atoms with Crippen molar-refractivity contribution in [2.75, 3.05) is 0 Å². The third kappa shape index (κ3) is 4.44. The van der Waals surface area contributed by atoms with E-state index < -0.39 is 18.0 Å². The first-order chi connectivity index (χ1) is 14.9. The van der Waals surface area contributed by atoms with Crippen molar-refractivity contribution < 1.29 is 14.8 Å². The maximum atomic E-state index is 13.3. The van der Waals surface area contributed by atoms with Crippen LogP contribution in [-0.2, 0) is 11.3 Å². The quantitative estimate of drug-likeness (QED) is 0.428. The zero-order valence-electron chi connectivity index (χ0n) is 16.5. The summed E-state index contributed by atoms with van der Waals surface area (Å²) in [6.45, 7) is 0.216. The highest BCUT2D eigenvalue weighted by molar-refractivity contribution is 9.10. The number of hydrogen-bond acceptors (Lipinski definition) is 5. The van der Waals surface area contributed by atoms with Gasteiger partial charge in [0.05, 0.1) is 5.92 Å². The second-order valence-corrected chi connectivity index (χ2v) is 8.48. The van der Waals surface area contributed by atoms with E-state index in [-0.39, 0.29) is 29.5 Å². The highest BCUT2D eigenvalue weighted by Gasteiger charge is 2.50. The van der Waals surface area contributed by atoms with E-state index in [2.05, 4.69) is 20.9 Å². The minimum absolute atomic E-state index is 0.0386. The Morgan fingerprint density at radius 3 is 2.55 bits per heavy atom. The van der Waals surface area contributed by atoms with E-state index in [1.165, 1.54) is 12.1 Å². The number of carbonyl (C=O) groups is 1. The van der Waals surface area contributed by atoms with Gasteiger partial charge in [-0.3, -0.25) is 19.9 Å². The average Bonchev–Trinajstić information content (AvgIpc) is 2.76. The number of nitro groups is 1. The Morgan fingerprint density at radius 1 is 1.13 bits per heavy atom. The minimum atomic E-state index is -1.05. The number of halogens is 1. The molecular formula is C23H20BrN3O4. The van der Waals surface area contributed by atoms with Gasteiger partial charge in [-0.15, -0.1) is 0 Å². The number of aromatic hydroxyl groups is 1. The van der Waals surface area contributed by atoms with Gasteiger partial charge in [-0.1, -0.05) is 46.3 Å². The van der Waals surface area contributed by atoms with Crippen molar-refractivity contribution in [2.24, 2.45) is 0 Å². The monoisotopic (exact) mass is 481 g/mol. The highest BCUT2D eigenvalue weighted by Crippen LogP contribution is 2.43. The van der Waals surface area contributed by atoms with Crippen molar-refractivity contribution in [3.8, 4) is 5.75 Å². The lowest BCUT2D eigenvalue weighted by molar-refractivity contribution is -0.537. The van der Waals surface area contributed by atoms with Crippen LogP contribution in [0, 0.1) is 10.1 Å². The summed E-state index contributed by atoms with van der Waals surface area (Å²) >= 11 is 3.43. The molecular weight excluding hydrogens is 462 g/mol. The Labute approximate surface area is 187 Å². The van der Waals surface area contributed by atoms with Crippen LogP contribution in [0.15, 0.2) is 77.5 Å². The van der Waals surface area contributed by atoms with Crippen molar-refractivity contribution in [1.29, 1.82) is 0 Å². The minimum Gasteiger partial charge on any atom is -0.508 e. The first-order valence-corrected chi connectivity index (χ1v) is 10.6. The molecule has 2 heterocycles. The largest absolute Gasteiger partial charge is 0.508 e. The summed E-state index contributed by atoms with van der Waals surface area (Å²) in [6.07, 6.45) is 3.34. The predicted molar refractivity (Wildman–Crippen MR) is 118 cm³/mol. The molecule has 0 radical (unpaired) electrons. The Balaban J connectivity index is 1.82. The second-order valence-electron chi connectivity index (χ2n) is 7.56. The van der Waals surface area contributed by atoms with E-state index in [1.807, 2.05) is 30.3 Å². The summed E-state index contributed by atoms with van der Waals surface area (Å²) < 4.78 is 0.804. The van der Waals surface area contributed by atoms with Gasteiger partial charge >= 0.3 is 0 Å². The lowest BCUT2D eigenvalue weighted by atomic mass is 9.78. The molecule has 31 heavy (non-hydrogen) atoms. The topological polar surface area (TPSA) is 96.6 Å². The van der Waals surface area contributed by atoms with Crippen LogP contribution in [-0.4, -0.2) is 31.9 Å². The molecule has 158 valence electrons. The number of carbonyl (C=O) groups excluding carboxylic acids is 1. The summed E-state index contributed by atoms with van der Waals surface area (Å²) in [6, 6.07) is 15.4. The van der Waals surface area contributed by atoms with Gasteiger partial charge < -0.3 is 10.0 Å². The van der Waals surface area contributed by atoms with Gasteiger partial charge in [0, 0.05) is 34.8 Å². The zero-order valence-corrected chi connectivity index (χ0v) is 18.1. The standard InChI is InChI=1S/C23H20BrN3O4/c24-18-5-1-4-17(11-18)20-12-21(29)26(14-15-3-2-10-25-13-15)22(23(20)27(30)31)16-6-8-19(28)9-7-16/h1-11,13,20,22-23,28H,12,14H2/t20?,22-,23+/m1/s1. The van der Waals surface area contributed by atoms with Crippen molar-refractivity contribution in [3.63, 3.8) is 0 Å². The fourth-order valence-electron chi connectivity index (χ4n) is 4.22. The molecule has 1 fully saturated rings. The number of amides is 1. The van der Waals surface area contributed by atoms with Gasteiger partial charge in [0.1, 0.15) is 11.8 Å². The number of hydrogen-bond donors (Lipinski definition) is 1. The molecule has 8 heteroatoms. The molecule has 0 bridgehead atoms. The SMILES string of the molecule is O=C1CC(c2cccc(Br)c2)[C@H]([N+](=O)[O-])[C@@H](c2ccc(O)cc2)N1Cc1cccnc1. The predicted octanol–water partition coefficient (Wildman–Crippen LogP) is 4.45. The maximum absolute atomic E-state index is 13.3. The Bertz CT molecular complexity index is 1090. The number of piperidine rings is 1. The molecule has 1 aromatic heterocycles. The van der Waals surface area contributed by atoms with Gasteiger partial charge in [-0.25, -0.2) is 0 Å². The van der Waals surface area contributed by atoms with Crippen molar-refractivity contribution in [3.05, 3.63) is 104 Å². The fraction of sp³-hybridized carbons (Fsp3) is 0.217. The second kappa shape index (κ2) is 8.85. The van der Waals surface area contributed by atoms with Gasteiger partial charge in [0.25, 0.3) is 0 Å². The van der Waals surface area contributed by atoms with Crippen molar-refractivity contribution >= 4 is 21.8 Å². The van der Waals surface area contributed by atoms with Crippen LogP contribution < -0.4 is 0 Å². The molecule has 1 N–H and O–H groups in total.